The van der Waals surface area contributed by atoms with Crippen LogP contribution in [-0.2, 0) is 6.42 Å². The van der Waals surface area contributed by atoms with Gasteiger partial charge in [-0.05, 0) is 31.0 Å². The summed E-state index contributed by atoms with van der Waals surface area (Å²) in [4.78, 5) is 20.3. The fraction of sp³-hybridized carbons (Fsp3) is 0.312. The van der Waals surface area contributed by atoms with Crippen molar-refractivity contribution in [2.24, 2.45) is 0 Å². The SMILES string of the molecule is CCCc1ccc(NC(=O)c2cnc(NCC)cn2)cc1. The van der Waals surface area contributed by atoms with E-state index >= 15 is 0 Å². The van der Waals surface area contributed by atoms with E-state index < -0.39 is 0 Å². The van der Waals surface area contributed by atoms with E-state index in [4.69, 9.17) is 0 Å². The zero-order valence-electron chi connectivity index (χ0n) is 12.4. The number of rotatable bonds is 6. The van der Waals surface area contributed by atoms with Gasteiger partial charge in [0.05, 0.1) is 12.4 Å². The first-order valence-corrected chi connectivity index (χ1v) is 7.19. The van der Waals surface area contributed by atoms with Gasteiger partial charge in [0, 0.05) is 12.2 Å². The largest absolute Gasteiger partial charge is 0.369 e. The van der Waals surface area contributed by atoms with Crippen molar-refractivity contribution in [3.63, 3.8) is 0 Å². The molecule has 1 heterocycles. The summed E-state index contributed by atoms with van der Waals surface area (Å²) in [5, 5.41) is 5.85. The van der Waals surface area contributed by atoms with Gasteiger partial charge in [-0.2, -0.15) is 0 Å². The fourth-order valence-corrected chi connectivity index (χ4v) is 1.96. The highest BCUT2D eigenvalue weighted by Crippen LogP contribution is 2.12. The van der Waals surface area contributed by atoms with E-state index in [1.807, 2.05) is 31.2 Å². The third-order valence-electron chi connectivity index (χ3n) is 2.99. The van der Waals surface area contributed by atoms with E-state index in [9.17, 15) is 4.79 Å². The lowest BCUT2D eigenvalue weighted by Gasteiger charge is -2.06. The van der Waals surface area contributed by atoms with E-state index in [0.29, 0.717) is 11.5 Å². The number of anilines is 2. The van der Waals surface area contributed by atoms with Crippen molar-refractivity contribution in [1.29, 1.82) is 0 Å². The van der Waals surface area contributed by atoms with Crippen LogP contribution < -0.4 is 10.6 Å². The Morgan fingerprint density at radius 3 is 2.43 bits per heavy atom. The monoisotopic (exact) mass is 284 g/mol. The predicted molar refractivity (Wildman–Crippen MR) is 84.6 cm³/mol. The van der Waals surface area contributed by atoms with Crippen LogP contribution in [0.5, 0.6) is 0 Å². The normalized spacial score (nSPS) is 10.2. The van der Waals surface area contributed by atoms with Crippen LogP contribution in [0.3, 0.4) is 0 Å². The molecule has 0 spiro atoms. The van der Waals surface area contributed by atoms with E-state index in [2.05, 4.69) is 27.5 Å². The van der Waals surface area contributed by atoms with Crippen molar-refractivity contribution in [3.8, 4) is 0 Å². The zero-order chi connectivity index (χ0) is 15.1. The van der Waals surface area contributed by atoms with Crippen molar-refractivity contribution in [3.05, 3.63) is 47.9 Å². The van der Waals surface area contributed by atoms with Gasteiger partial charge < -0.3 is 10.6 Å². The van der Waals surface area contributed by atoms with Gasteiger partial charge in [0.1, 0.15) is 11.5 Å². The minimum absolute atomic E-state index is 0.256. The van der Waals surface area contributed by atoms with Crippen LogP contribution in [0.4, 0.5) is 11.5 Å². The molecule has 0 radical (unpaired) electrons. The molecule has 0 aliphatic heterocycles. The molecule has 5 nitrogen and oxygen atoms in total. The molecule has 2 rings (SSSR count). The lowest BCUT2D eigenvalue weighted by Crippen LogP contribution is -2.14. The van der Waals surface area contributed by atoms with Crippen LogP contribution in [0.2, 0.25) is 0 Å². The van der Waals surface area contributed by atoms with Crippen molar-refractivity contribution in [2.45, 2.75) is 26.7 Å². The minimum atomic E-state index is -0.256. The topological polar surface area (TPSA) is 66.9 Å². The molecule has 0 saturated heterocycles. The summed E-state index contributed by atoms with van der Waals surface area (Å²) in [6.07, 6.45) is 5.19. The van der Waals surface area contributed by atoms with Gasteiger partial charge in [-0.1, -0.05) is 25.5 Å². The molecule has 2 aromatic rings. The summed E-state index contributed by atoms with van der Waals surface area (Å²) in [5.74, 6) is 0.409. The maximum absolute atomic E-state index is 12.1. The van der Waals surface area contributed by atoms with Gasteiger partial charge in [0.25, 0.3) is 5.91 Å². The number of carbonyl (C=O) groups excluding carboxylic acids is 1. The Kier molecular flexibility index (Phi) is 5.26. The van der Waals surface area contributed by atoms with Gasteiger partial charge in [0.2, 0.25) is 0 Å². The van der Waals surface area contributed by atoms with Gasteiger partial charge >= 0.3 is 0 Å². The number of nitrogens with zero attached hydrogens (tertiary/aromatic N) is 2. The summed E-state index contributed by atoms with van der Waals surface area (Å²) in [5.41, 5.74) is 2.33. The number of aromatic nitrogens is 2. The van der Waals surface area contributed by atoms with Crippen LogP contribution in [-0.4, -0.2) is 22.4 Å². The van der Waals surface area contributed by atoms with E-state index in [1.54, 1.807) is 6.20 Å². The van der Waals surface area contributed by atoms with E-state index in [0.717, 1.165) is 25.1 Å². The molecule has 21 heavy (non-hydrogen) atoms. The maximum Gasteiger partial charge on any atom is 0.275 e. The Morgan fingerprint density at radius 1 is 1.10 bits per heavy atom. The Hall–Kier alpha value is -2.43. The summed E-state index contributed by atoms with van der Waals surface area (Å²) in [6.45, 7) is 4.89. The Bertz CT molecular complexity index is 578. The number of amides is 1. The molecular formula is C16H20N4O. The van der Waals surface area contributed by atoms with Crippen molar-refractivity contribution in [1.82, 2.24) is 9.97 Å². The number of hydrogen-bond acceptors (Lipinski definition) is 4. The third kappa shape index (κ3) is 4.27. The Balaban J connectivity index is 2.00. The van der Waals surface area contributed by atoms with Crippen molar-refractivity contribution >= 4 is 17.4 Å². The molecule has 1 aromatic carbocycles. The first-order chi connectivity index (χ1) is 10.2. The van der Waals surface area contributed by atoms with Crippen LogP contribution >= 0.6 is 0 Å². The molecule has 1 aromatic heterocycles. The molecule has 0 fully saturated rings. The summed E-state index contributed by atoms with van der Waals surface area (Å²) >= 11 is 0. The summed E-state index contributed by atoms with van der Waals surface area (Å²) < 4.78 is 0. The van der Waals surface area contributed by atoms with Gasteiger partial charge in [0.15, 0.2) is 0 Å². The molecule has 110 valence electrons. The lowest BCUT2D eigenvalue weighted by molar-refractivity contribution is 0.102. The van der Waals surface area contributed by atoms with Crippen LogP contribution in [0.25, 0.3) is 0 Å². The van der Waals surface area contributed by atoms with E-state index in [-0.39, 0.29) is 5.91 Å². The number of hydrogen-bond donors (Lipinski definition) is 2. The molecule has 0 atom stereocenters. The van der Waals surface area contributed by atoms with Gasteiger partial charge in [-0.25, -0.2) is 9.97 Å². The number of aryl methyl sites for hydroxylation is 1. The molecule has 0 aliphatic rings. The minimum Gasteiger partial charge on any atom is -0.369 e. The second kappa shape index (κ2) is 7.38. The molecule has 2 N–H and O–H groups in total. The van der Waals surface area contributed by atoms with Crippen molar-refractivity contribution in [2.75, 3.05) is 17.2 Å². The summed E-state index contributed by atoms with van der Waals surface area (Å²) in [7, 11) is 0. The molecule has 1 amide bonds. The third-order valence-corrected chi connectivity index (χ3v) is 2.99. The highest BCUT2D eigenvalue weighted by atomic mass is 16.1. The summed E-state index contributed by atoms with van der Waals surface area (Å²) in [6, 6.07) is 7.87. The maximum atomic E-state index is 12.1. The molecular weight excluding hydrogens is 264 g/mol. The second-order valence-corrected chi connectivity index (χ2v) is 4.72. The lowest BCUT2D eigenvalue weighted by atomic mass is 10.1. The second-order valence-electron chi connectivity index (χ2n) is 4.72. The molecule has 0 bridgehead atoms. The Morgan fingerprint density at radius 2 is 1.86 bits per heavy atom. The highest BCUT2D eigenvalue weighted by molar-refractivity contribution is 6.02. The average Bonchev–Trinajstić information content (AvgIpc) is 2.50. The fourth-order valence-electron chi connectivity index (χ4n) is 1.96. The highest BCUT2D eigenvalue weighted by Gasteiger charge is 2.08. The van der Waals surface area contributed by atoms with Crippen LogP contribution in [0, 0.1) is 0 Å². The quantitative estimate of drug-likeness (QED) is 0.855. The smallest absolute Gasteiger partial charge is 0.275 e. The van der Waals surface area contributed by atoms with Crippen molar-refractivity contribution < 1.29 is 4.79 Å². The van der Waals surface area contributed by atoms with Gasteiger partial charge in [-0.3, -0.25) is 4.79 Å². The molecule has 0 aliphatic carbocycles. The first kappa shape index (κ1) is 15.0. The number of nitrogens with one attached hydrogen (secondary N) is 2. The molecule has 5 heteroatoms. The average molecular weight is 284 g/mol. The zero-order valence-corrected chi connectivity index (χ0v) is 12.4. The number of benzene rings is 1. The molecule has 0 saturated carbocycles. The van der Waals surface area contributed by atoms with Crippen LogP contribution in [0.15, 0.2) is 36.7 Å². The standard InChI is InChI=1S/C16H20N4O/c1-3-5-12-6-8-13(9-7-12)20-16(21)14-10-19-15(11-18-14)17-4-2/h6-11H,3-5H2,1-2H3,(H,17,19)(H,20,21). The van der Waals surface area contributed by atoms with Gasteiger partial charge in [-0.15, -0.1) is 0 Å². The predicted octanol–water partition coefficient (Wildman–Crippen LogP) is 3.11. The van der Waals surface area contributed by atoms with E-state index in [1.165, 1.54) is 11.8 Å². The Labute approximate surface area is 124 Å². The molecule has 0 unspecified atom stereocenters. The first-order valence-electron chi connectivity index (χ1n) is 7.19. The number of carbonyl (C=O) groups is 1. The van der Waals surface area contributed by atoms with Crippen LogP contribution in [0.1, 0.15) is 36.3 Å².